The number of fused-ring (bicyclic) bond motifs is 5. The Balaban J connectivity index is 0.000000599. The average molecular weight is 382 g/mol. The van der Waals surface area contributed by atoms with E-state index < -0.39 is 5.97 Å². The monoisotopic (exact) mass is 381 g/mol. The quantitative estimate of drug-likeness (QED) is 0.482. The standard InChI is InChI=1S/C19H17NO2.3C2H6/c1-19(2)14-10-5-4-7-11(14)17-15(19)12-8-6-9-13(18(21)22)16(12)20(17)3;3*1-2/h4-10H,1-3H3,(H,21,22);3*1-2H3. The molecule has 3 nitrogen and oxygen atoms in total. The third-order valence-electron chi connectivity index (χ3n) is 4.92. The molecule has 0 bridgehead atoms. The molecule has 28 heavy (non-hydrogen) atoms. The Kier molecular flexibility index (Phi) is 8.04. The molecule has 0 saturated carbocycles. The lowest BCUT2D eigenvalue weighted by Gasteiger charge is -2.21. The Bertz CT molecular complexity index is 949. The highest BCUT2D eigenvalue weighted by atomic mass is 16.4. The third-order valence-corrected chi connectivity index (χ3v) is 4.92. The largest absolute Gasteiger partial charge is 0.478 e. The summed E-state index contributed by atoms with van der Waals surface area (Å²) in [5.41, 5.74) is 5.93. The van der Waals surface area contributed by atoms with Crippen molar-refractivity contribution in [3.05, 3.63) is 59.2 Å². The number of carboxylic acids is 1. The van der Waals surface area contributed by atoms with Gasteiger partial charge >= 0.3 is 5.97 Å². The number of nitrogens with zero attached hydrogens (tertiary/aromatic N) is 1. The van der Waals surface area contributed by atoms with Gasteiger partial charge < -0.3 is 9.67 Å². The maximum absolute atomic E-state index is 11.6. The molecule has 0 amide bonds. The average Bonchev–Trinajstić information content (AvgIpc) is 3.18. The first-order chi connectivity index (χ1) is 13.4. The lowest BCUT2D eigenvalue weighted by molar-refractivity contribution is 0.0698. The molecule has 4 rings (SSSR count). The van der Waals surface area contributed by atoms with E-state index >= 15 is 0 Å². The van der Waals surface area contributed by atoms with E-state index in [0.717, 1.165) is 16.6 Å². The molecule has 1 aliphatic carbocycles. The van der Waals surface area contributed by atoms with Crippen molar-refractivity contribution >= 4 is 16.9 Å². The van der Waals surface area contributed by atoms with Crippen LogP contribution in [0.1, 0.15) is 76.9 Å². The molecule has 2 aromatic carbocycles. The van der Waals surface area contributed by atoms with Gasteiger partial charge in [-0.2, -0.15) is 0 Å². The summed E-state index contributed by atoms with van der Waals surface area (Å²) in [5, 5.41) is 10.6. The number of rotatable bonds is 1. The molecular weight excluding hydrogens is 346 g/mol. The molecule has 0 spiro atoms. The summed E-state index contributed by atoms with van der Waals surface area (Å²) in [6.45, 7) is 16.4. The zero-order valence-corrected chi connectivity index (χ0v) is 18.8. The van der Waals surface area contributed by atoms with E-state index in [4.69, 9.17) is 0 Å². The lowest BCUT2D eigenvalue weighted by Crippen LogP contribution is -2.14. The molecule has 0 radical (unpaired) electrons. The molecule has 1 aromatic heterocycles. The van der Waals surface area contributed by atoms with Crippen LogP contribution < -0.4 is 0 Å². The number of benzene rings is 2. The van der Waals surface area contributed by atoms with Crippen LogP contribution in [0.3, 0.4) is 0 Å². The topological polar surface area (TPSA) is 42.2 Å². The predicted octanol–water partition coefficient (Wildman–Crippen LogP) is 7.26. The van der Waals surface area contributed by atoms with E-state index in [2.05, 4.69) is 32.0 Å². The Morgan fingerprint density at radius 3 is 2.04 bits per heavy atom. The predicted molar refractivity (Wildman–Crippen MR) is 121 cm³/mol. The summed E-state index contributed by atoms with van der Waals surface area (Å²) < 4.78 is 2.04. The molecule has 1 N–H and O–H groups in total. The van der Waals surface area contributed by atoms with Gasteiger partial charge in [-0.25, -0.2) is 4.79 Å². The number of carbonyl (C=O) groups is 1. The number of carboxylic acid groups (broad SMARTS) is 1. The van der Waals surface area contributed by atoms with E-state index in [0.29, 0.717) is 5.56 Å². The molecule has 0 saturated heterocycles. The minimum absolute atomic E-state index is 0.122. The van der Waals surface area contributed by atoms with E-state index in [1.165, 1.54) is 16.7 Å². The Morgan fingerprint density at radius 1 is 0.893 bits per heavy atom. The summed E-state index contributed by atoms with van der Waals surface area (Å²) in [7, 11) is 1.96. The highest BCUT2D eigenvalue weighted by Crippen LogP contribution is 2.52. The van der Waals surface area contributed by atoms with E-state index in [9.17, 15) is 9.90 Å². The highest BCUT2D eigenvalue weighted by Gasteiger charge is 2.40. The maximum atomic E-state index is 11.6. The molecular formula is C25H35NO2. The second kappa shape index (κ2) is 9.59. The Morgan fingerprint density at radius 2 is 1.46 bits per heavy atom. The zero-order chi connectivity index (χ0) is 21.6. The van der Waals surface area contributed by atoms with Gasteiger partial charge in [-0.05, 0) is 17.2 Å². The highest BCUT2D eigenvalue weighted by molar-refractivity contribution is 6.07. The molecule has 0 aliphatic heterocycles. The van der Waals surface area contributed by atoms with Crippen molar-refractivity contribution in [2.24, 2.45) is 7.05 Å². The molecule has 152 valence electrons. The number of aryl methyl sites for hydroxylation is 1. The van der Waals surface area contributed by atoms with Gasteiger partial charge in [0.2, 0.25) is 0 Å². The summed E-state index contributed by atoms with van der Waals surface area (Å²) >= 11 is 0. The number of hydrogen-bond donors (Lipinski definition) is 1. The molecule has 3 aromatic rings. The van der Waals surface area contributed by atoms with Gasteiger partial charge in [0.15, 0.2) is 0 Å². The third kappa shape index (κ3) is 3.46. The fourth-order valence-electron chi connectivity index (χ4n) is 4.00. The number of hydrogen-bond acceptors (Lipinski definition) is 1. The molecule has 1 aliphatic rings. The van der Waals surface area contributed by atoms with Crippen LogP contribution in [0.2, 0.25) is 0 Å². The van der Waals surface area contributed by atoms with E-state index in [1.54, 1.807) is 6.07 Å². The maximum Gasteiger partial charge on any atom is 0.337 e. The van der Waals surface area contributed by atoms with Gasteiger partial charge in [0.1, 0.15) is 0 Å². The van der Waals surface area contributed by atoms with Gasteiger partial charge in [0.25, 0.3) is 0 Å². The van der Waals surface area contributed by atoms with Gasteiger partial charge in [0.05, 0.1) is 16.8 Å². The van der Waals surface area contributed by atoms with E-state index in [-0.39, 0.29) is 5.41 Å². The lowest BCUT2D eigenvalue weighted by atomic mass is 9.81. The van der Waals surface area contributed by atoms with Crippen molar-refractivity contribution in [3.63, 3.8) is 0 Å². The first-order valence-corrected chi connectivity index (χ1v) is 10.4. The van der Waals surface area contributed by atoms with E-state index in [1.807, 2.05) is 71.4 Å². The van der Waals surface area contributed by atoms with Gasteiger partial charge in [0, 0.05) is 23.4 Å². The minimum Gasteiger partial charge on any atom is -0.478 e. The smallest absolute Gasteiger partial charge is 0.337 e. The van der Waals surface area contributed by atoms with Gasteiger partial charge in [-0.1, -0.05) is 91.8 Å². The van der Waals surface area contributed by atoms with Crippen LogP contribution in [0.4, 0.5) is 0 Å². The number of aromatic nitrogens is 1. The van der Waals surface area contributed by atoms with Crippen molar-refractivity contribution in [2.45, 2.75) is 60.8 Å². The van der Waals surface area contributed by atoms with Crippen LogP contribution >= 0.6 is 0 Å². The second-order valence-corrected chi connectivity index (χ2v) is 6.46. The van der Waals surface area contributed by atoms with Crippen LogP contribution in [0.15, 0.2) is 42.5 Å². The van der Waals surface area contributed by atoms with Crippen LogP contribution in [0, 0.1) is 0 Å². The summed E-state index contributed by atoms with van der Waals surface area (Å²) in [6, 6.07) is 14.0. The normalized spacial score (nSPS) is 12.3. The molecule has 1 heterocycles. The van der Waals surface area contributed by atoms with Crippen LogP contribution in [0.5, 0.6) is 0 Å². The Labute approximate surface area is 170 Å². The molecule has 0 fully saturated rings. The molecule has 0 atom stereocenters. The minimum atomic E-state index is -0.879. The van der Waals surface area contributed by atoms with Crippen LogP contribution in [0.25, 0.3) is 22.2 Å². The second-order valence-electron chi connectivity index (χ2n) is 6.46. The fourth-order valence-corrected chi connectivity index (χ4v) is 4.00. The van der Waals surface area contributed by atoms with Crippen molar-refractivity contribution in [3.8, 4) is 11.3 Å². The van der Waals surface area contributed by atoms with Crippen LogP contribution in [-0.2, 0) is 12.5 Å². The molecule has 3 heteroatoms. The first-order valence-electron chi connectivity index (χ1n) is 10.4. The molecule has 0 unspecified atom stereocenters. The summed E-state index contributed by atoms with van der Waals surface area (Å²) in [4.78, 5) is 11.6. The first kappa shape index (κ1) is 23.5. The van der Waals surface area contributed by atoms with Crippen LogP contribution in [-0.4, -0.2) is 15.6 Å². The van der Waals surface area contributed by atoms with Gasteiger partial charge in [-0.3, -0.25) is 0 Å². The Hall–Kier alpha value is -2.55. The summed E-state index contributed by atoms with van der Waals surface area (Å²) in [6.07, 6.45) is 0. The summed E-state index contributed by atoms with van der Waals surface area (Å²) in [5.74, 6) is -0.879. The van der Waals surface area contributed by atoms with Crippen molar-refractivity contribution in [2.75, 3.05) is 0 Å². The van der Waals surface area contributed by atoms with Crippen molar-refractivity contribution < 1.29 is 9.90 Å². The number of aromatic carboxylic acids is 1. The number of para-hydroxylation sites is 1. The zero-order valence-electron chi connectivity index (χ0n) is 18.8. The SMILES string of the molecule is CC.CC.CC.Cn1c2c(c3cccc(C(=O)O)c31)C(C)(C)c1ccccc1-2. The van der Waals surface area contributed by atoms with Gasteiger partial charge in [-0.15, -0.1) is 0 Å². The fraction of sp³-hybridized carbons (Fsp3) is 0.400. The van der Waals surface area contributed by atoms with Crippen molar-refractivity contribution in [1.29, 1.82) is 0 Å². The van der Waals surface area contributed by atoms with Crippen molar-refractivity contribution in [1.82, 2.24) is 4.57 Å².